The summed E-state index contributed by atoms with van der Waals surface area (Å²) < 4.78 is 33.2. The number of nitrogens with two attached hydrogens (primary N) is 1. The monoisotopic (exact) mass is 1080 g/mol. The van der Waals surface area contributed by atoms with E-state index < -0.39 is 26.5 Å². The molecule has 0 saturated heterocycles. The van der Waals surface area contributed by atoms with E-state index in [1.54, 1.807) is 0 Å². The number of phosphoric ester groups is 1. The van der Waals surface area contributed by atoms with Crippen LogP contribution < -0.4 is 5.73 Å². The van der Waals surface area contributed by atoms with Crippen molar-refractivity contribution in [2.24, 2.45) is 5.73 Å². The van der Waals surface area contributed by atoms with Gasteiger partial charge in [0, 0.05) is 19.4 Å². The van der Waals surface area contributed by atoms with Crippen molar-refractivity contribution >= 4 is 19.8 Å². The molecule has 0 aliphatic carbocycles. The minimum absolute atomic E-state index is 0.0588. The highest BCUT2D eigenvalue weighted by atomic mass is 31.2. The number of unbranched alkanes of at least 4 members (excludes halogenated alkanes) is 52. The van der Waals surface area contributed by atoms with Crippen LogP contribution in [-0.4, -0.2) is 49.3 Å². The van der Waals surface area contributed by atoms with Crippen molar-refractivity contribution in [2.75, 3.05) is 26.4 Å². The Bertz CT molecular complexity index is 1190. The van der Waals surface area contributed by atoms with Gasteiger partial charge in [0.15, 0.2) is 6.10 Å². The first-order valence-electron chi connectivity index (χ1n) is 33.5. The predicted octanol–water partition coefficient (Wildman–Crippen LogP) is 21.4. The summed E-state index contributed by atoms with van der Waals surface area (Å²) in [4.78, 5) is 35.3. The molecule has 0 rings (SSSR count). The highest BCUT2D eigenvalue weighted by Gasteiger charge is 2.26. The molecule has 0 heterocycles. The number of carbonyl (C=O) groups is 2. The summed E-state index contributed by atoms with van der Waals surface area (Å²) >= 11 is 0. The van der Waals surface area contributed by atoms with Gasteiger partial charge in [-0.3, -0.25) is 18.6 Å². The lowest BCUT2D eigenvalue weighted by Crippen LogP contribution is -2.29. The minimum atomic E-state index is -4.38. The van der Waals surface area contributed by atoms with E-state index in [2.05, 4.69) is 13.8 Å². The molecule has 0 amide bonds. The average molecular weight is 1080 g/mol. The van der Waals surface area contributed by atoms with Gasteiger partial charge in [-0.15, -0.1) is 0 Å². The molecule has 0 bridgehead atoms. The second-order valence-electron chi connectivity index (χ2n) is 23.1. The molecule has 0 saturated carbocycles. The van der Waals surface area contributed by atoms with Crippen molar-refractivity contribution in [2.45, 2.75) is 380 Å². The number of hydrogen-bond acceptors (Lipinski definition) is 8. The third kappa shape index (κ3) is 62.1. The number of esters is 2. The van der Waals surface area contributed by atoms with Gasteiger partial charge in [0.2, 0.25) is 0 Å². The molecule has 0 aromatic rings. The van der Waals surface area contributed by atoms with E-state index in [1.807, 2.05) is 0 Å². The Balaban J connectivity index is 3.82. The summed E-state index contributed by atoms with van der Waals surface area (Å²) in [6.07, 6.45) is 72.0. The molecule has 3 N–H and O–H groups in total. The van der Waals surface area contributed by atoms with Crippen LogP contribution in [0.25, 0.3) is 0 Å². The van der Waals surface area contributed by atoms with Crippen LogP contribution in [0.3, 0.4) is 0 Å². The van der Waals surface area contributed by atoms with Gasteiger partial charge in [0.05, 0.1) is 13.2 Å². The molecule has 0 aliphatic heterocycles. The van der Waals surface area contributed by atoms with Crippen LogP contribution in [0.4, 0.5) is 0 Å². The zero-order chi connectivity index (χ0) is 54.5. The van der Waals surface area contributed by atoms with Crippen molar-refractivity contribution < 1.29 is 37.6 Å². The molecule has 448 valence electrons. The summed E-state index contributed by atoms with van der Waals surface area (Å²) in [5, 5.41) is 0. The lowest BCUT2D eigenvalue weighted by molar-refractivity contribution is -0.161. The molecule has 0 aliphatic rings. The van der Waals surface area contributed by atoms with Crippen molar-refractivity contribution in [1.82, 2.24) is 0 Å². The van der Waals surface area contributed by atoms with Gasteiger partial charge in [-0.25, -0.2) is 4.57 Å². The second kappa shape index (κ2) is 62.2. The molecule has 2 unspecified atom stereocenters. The number of rotatable bonds is 65. The average Bonchev–Trinajstić information content (AvgIpc) is 3.40. The fourth-order valence-corrected chi connectivity index (χ4v) is 11.3. The smallest absolute Gasteiger partial charge is 0.462 e. The SMILES string of the molecule is CCCCCCCCCCCCCCCCCCCCCCCCCCCCCCCC(=O)OC(COC(=O)CCCCCCCCCCCCCCCCCCCCCCCCCCC)COP(=O)(O)OCCN. The van der Waals surface area contributed by atoms with Crippen LogP contribution in [0, 0.1) is 0 Å². The largest absolute Gasteiger partial charge is 0.472 e. The Morgan fingerprint density at radius 1 is 0.347 bits per heavy atom. The maximum atomic E-state index is 12.7. The molecule has 0 radical (unpaired) electrons. The Kier molecular flexibility index (Phi) is 61.4. The lowest BCUT2D eigenvalue weighted by Gasteiger charge is -2.19. The third-order valence-corrected chi connectivity index (χ3v) is 16.5. The van der Waals surface area contributed by atoms with Gasteiger partial charge in [0.25, 0.3) is 0 Å². The van der Waals surface area contributed by atoms with Crippen molar-refractivity contribution in [3.05, 3.63) is 0 Å². The molecular weight excluding hydrogens is 954 g/mol. The Hall–Kier alpha value is -0.990. The Morgan fingerprint density at radius 3 is 0.813 bits per heavy atom. The zero-order valence-corrected chi connectivity index (χ0v) is 51.2. The van der Waals surface area contributed by atoms with Gasteiger partial charge < -0.3 is 20.1 Å². The van der Waals surface area contributed by atoms with E-state index in [4.69, 9.17) is 24.3 Å². The Labute approximate surface area is 467 Å². The summed E-state index contributed by atoms with van der Waals surface area (Å²) in [6.45, 7) is 3.84. The van der Waals surface area contributed by atoms with Crippen LogP contribution in [0.15, 0.2) is 0 Å². The maximum absolute atomic E-state index is 12.7. The normalized spacial score (nSPS) is 12.9. The summed E-state index contributed by atoms with van der Waals surface area (Å²) in [5.74, 6) is -0.798. The van der Waals surface area contributed by atoms with E-state index in [-0.39, 0.29) is 32.1 Å². The first-order valence-corrected chi connectivity index (χ1v) is 35.0. The van der Waals surface area contributed by atoms with Crippen LogP contribution in [-0.2, 0) is 32.7 Å². The zero-order valence-electron chi connectivity index (χ0n) is 50.3. The van der Waals surface area contributed by atoms with E-state index in [0.29, 0.717) is 12.8 Å². The molecule has 10 heteroatoms. The van der Waals surface area contributed by atoms with Gasteiger partial charge in [-0.1, -0.05) is 348 Å². The van der Waals surface area contributed by atoms with Crippen LogP contribution >= 0.6 is 7.82 Å². The number of hydrogen-bond donors (Lipinski definition) is 2. The topological polar surface area (TPSA) is 134 Å². The summed E-state index contributed by atoms with van der Waals surface area (Å²) in [7, 11) is -4.38. The summed E-state index contributed by atoms with van der Waals surface area (Å²) in [6, 6.07) is 0. The fourth-order valence-electron chi connectivity index (χ4n) is 10.5. The molecule has 0 aromatic carbocycles. The highest BCUT2D eigenvalue weighted by molar-refractivity contribution is 7.47. The van der Waals surface area contributed by atoms with E-state index in [9.17, 15) is 19.0 Å². The van der Waals surface area contributed by atoms with E-state index >= 15 is 0 Å². The molecule has 9 nitrogen and oxygen atoms in total. The van der Waals surface area contributed by atoms with Crippen LogP contribution in [0.1, 0.15) is 373 Å². The van der Waals surface area contributed by atoms with Gasteiger partial charge in [-0.05, 0) is 12.8 Å². The number of phosphoric acid groups is 1. The minimum Gasteiger partial charge on any atom is -0.462 e. The molecule has 2 atom stereocenters. The second-order valence-corrected chi connectivity index (χ2v) is 24.5. The van der Waals surface area contributed by atoms with Gasteiger partial charge in [0.1, 0.15) is 6.61 Å². The van der Waals surface area contributed by atoms with Crippen molar-refractivity contribution in [3.8, 4) is 0 Å². The van der Waals surface area contributed by atoms with Crippen LogP contribution in [0.5, 0.6) is 0 Å². The quantitative estimate of drug-likeness (QED) is 0.0347. The van der Waals surface area contributed by atoms with Crippen molar-refractivity contribution in [3.63, 3.8) is 0 Å². The first-order chi connectivity index (χ1) is 36.8. The van der Waals surface area contributed by atoms with Crippen LogP contribution in [0.2, 0.25) is 0 Å². The molecule has 75 heavy (non-hydrogen) atoms. The highest BCUT2D eigenvalue weighted by Crippen LogP contribution is 2.43. The first kappa shape index (κ1) is 74.0. The lowest BCUT2D eigenvalue weighted by atomic mass is 10.0. The Morgan fingerprint density at radius 2 is 0.573 bits per heavy atom. The standard InChI is InChI=1S/C65H130NO8P/c1-3-5-7-9-11-13-15-17-19-21-23-25-27-29-30-31-32-34-36-38-40-42-44-46-48-50-52-54-56-58-65(68)74-63(62-73-75(69,70)72-60-59-66)61-71-64(67)57-55-53-51-49-47-45-43-41-39-37-35-33-28-26-24-22-20-18-16-14-12-10-8-6-4-2/h63H,3-62,66H2,1-2H3,(H,69,70). The summed E-state index contributed by atoms with van der Waals surface area (Å²) in [5.41, 5.74) is 5.40. The number of carbonyl (C=O) groups excluding carboxylic acids is 2. The molecule has 0 fully saturated rings. The fraction of sp³-hybridized carbons (Fsp3) is 0.969. The predicted molar refractivity (Wildman–Crippen MR) is 322 cm³/mol. The van der Waals surface area contributed by atoms with Crippen molar-refractivity contribution in [1.29, 1.82) is 0 Å². The van der Waals surface area contributed by atoms with Gasteiger partial charge >= 0.3 is 19.8 Å². The molecular formula is C65H130NO8P. The van der Waals surface area contributed by atoms with E-state index in [1.165, 1.54) is 308 Å². The van der Waals surface area contributed by atoms with E-state index in [0.717, 1.165) is 32.1 Å². The molecule has 0 spiro atoms. The molecule has 0 aromatic heterocycles. The third-order valence-electron chi connectivity index (χ3n) is 15.5. The maximum Gasteiger partial charge on any atom is 0.472 e. The number of ether oxygens (including phenoxy) is 2. The van der Waals surface area contributed by atoms with Gasteiger partial charge in [-0.2, -0.15) is 0 Å².